The maximum atomic E-state index is 13.4. The molecule has 46 heavy (non-hydrogen) atoms. The molecule has 0 N–H and O–H groups in total. The summed E-state index contributed by atoms with van der Waals surface area (Å²) in [6.07, 6.45) is 13.9. The molecule has 4 unspecified atom stereocenters. The number of carbonyl (C=O) groups is 1. The fraction of sp³-hybridized carbons (Fsp3) is 0.462. The molecular weight excluding hydrogens is 580 g/mol. The van der Waals surface area contributed by atoms with Crippen LogP contribution in [0.4, 0.5) is 0 Å². The molecule has 0 spiro atoms. The normalized spacial score (nSPS) is 23.5. The lowest BCUT2D eigenvalue weighted by molar-refractivity contribution is -0.0515. The second-order valence-electron chi connectivity index (χ2n) is 12.4. The Morgan fingerprint density at radius 2 is 1.11 bits per heavy atom. The third-order valence-electron chi connectivity index (χ3n) is 8.88. The first-order valence-electron chi connectivity index (χ1n) is 16.9. The molecule has 0 amide bonds. The first-order chi connectivity index (χ1) is 22.6. The van der Waals surface area contributed by atoms with Crippen molar-refractivity contribution in [3.8, 4) is 0 Å². The van der Waals surface area contributed by atoms with E-state index in [0.717, 1.165) is 85.9 Å². The average Bonchev–Trinajstić information content (AvgIpc) is 3.11. The Bertz CT molecular complexity index is 1340. The molecule has 6 rings (SSSR count). The summed E-state index contributed by atoms with van der Waals surface area (Å²) in [5, 5.41) is 0. The highest BCUT2D eigenvalue weighted by Crippen LogP contribution is 2.37. The van der Waals surface area contributed by atoms with Crippen LogP contribution in [0.2, 0.25) is 0 Å². The van der Waals surface area contributed by atoms with Crippen LogP contribution in [-0.2, 0) is 28.4 Å². The second-order valence-corrected chi connectivity index (χ2v) is 12.4. The first kappa shape index (κ1) is 32.1. The Labute approximate surface area is 272 Å². The Morgan fingerprint density at radius 1 is 0.674 bits per heavy atom. The smallest absolute Gasteiger partial charge is 0.193 e. The van der Waals surface area contributed by atoms with Gasteiger partial charge in [-0.15, -0.1) is 0 Å². The highest BCUT2D eigenvalue weighted by Gasteiger charge is 2.29. The van der Waals surface area contributed by atoms with Crippen LogP contribution in [0.1, 0.15) is 91.3 Å². The van der Waals surface area contributed by atoms with Crippen molar-refractivity contribution in [1.82, 2.24) is 0 Å². The molecule has 4 atom stereocenters. The van der Waals surface area contributed by atoms with Gasteiger partial charge in [-0.2, -0.15) is 0 Å². The molecule has 2 aliphatic carbocycles. The molecule has 0 bridgehead atoms. The molecule has 7 nitrogen and oxygen atoms in total. The molecule has 2 aliphatic heterocycles. The first-order valence-corrected chi connectivity index (χ1v) is 16.9. The molecular formula is C39H46O7. The molecule has 0 fully saturated rings. The zero-order valence-corrected chi connectivity index (χ0v) is 27.1. The summed E-state index contributed by atoms with van der Waals surface area (Å²) >= 11 is 0. The summed E-state index contributed by atoms with van der Waals surface area (Å²) < 4.78 is 35.9. The van der Waals surface area contributed by atoms with E-state index in [4.69, 9.17) is 28.4 Å². The number of benzene rings is 2. The van der Waals surface area contributed by atoms with E-state index >= 15 is 0 Å². The largest absolute Gasteiger partial charge is 0.486 e. The fourth-order valence-corrected chi connectivity index (χ4v) is 6.11. The van der Waals surface area contributed by atoms with Crippen molar-refractivity contribution in [3.05, 3.63) is 118 Å². The Hall–Kier alpha value is -3.81. The average molecular weight is 627 g/mol. The summed E-state index contributed by atoms with van der Waals surface area (Å²) in [6, 6.07) is 15.9. The van der Waals surface area contributed by atoms with E-state index in [9.17, 15) is 4.79 Å². The van der Waals surface area contributed by atoms with Crippen molar-refractivity contribution in [1.29, 1.82) is 0 Å². The predicted octanol–water partition coefficient (Wildman–Crippen LogP) is 7.89. The van der Waals surface area contributed by atoms with Crippen molar-refractivity contribution in [3.63, 3.8) is 0 Å². The van der Waals surface area contributed by atoms with Gasteiger partial charge < -0.3 is 28.4 Å². The summed E-state index contributed by atoms with van der Waals surface area (Å²) in [6.45, 7) is 7.90. The van der Waals surface area contributed by atoms with Gasteiger partial charge in [-0.05, 0) is 36.1 Å². The summed E-state index contributed by atoms with van der Waals surface area (Å²) in [7, 11) is 0. The molecule has 2 aromatic rings. The van der Waals surface area contributed by atoms with Gasteiger partial charge in [-0.25, -0.2) is 0 Å². The number of ether oxygens (including phenoxy) is 6. The molecule has 0 aromatic heterocycles. The minimum absolute atomic E-state index is 0.0105. The maximum Gasteiger partial charge on any atom is 0.193 e. The molecule has 0 saturated heterocycles. The van der Waals surface area contributed by atoms with Crippen molar-refractivity contribution < 1.29 is 33.2 Å². The lowest BCUT2D eigenvalue weighted by Gasteiger charge is -2.31. The van der Waals surface area contributed by atoms with Gasteiger partial charge in [0.15, 0.2) is 29.5 Å². The fourth-order valence-electron chi connectivity index (χ4n) is 6.11. The molecule has 2 heterocycles. The SMILES string of the molecule is CCCCOCC1COC2=C(CC(c3ccc(C(=O)c4ccc(C5C=CC6=C(C5)OC(COCCCC)CO6)cc4)cc3)C=C2)O1. The van der Waals surface area contributed by atoms with Gasteiger partial charge in [0, 0.05) is 49.0 Å². The van der Waals surface area contributed by atoms with E-state index in [1.807, 2.05) is 60.7 Å². The minimum atomic E-state index is -0.0833. The van der Waals surface area contributed by atoms with Crippen LogP contribution in [0.3, 0.4) is 0 Å². The number of hydrogen-bond donors (Lipinski definition) is 0. The summed E-state index contributed by atoms with van der Waals surface area (Å²) in [4.78, 5) is 13.4. The zero-order valence-electron chi connectivity index (χ0n) is 27.1. The van der Waals surface area contributed by atoms with Gasteiger partial charge in [0.1, 0.15) is 24.7 Å². The Kier molecular flexibility index (Phi) is 10.9. The monoisotopic (exact) mass is 626 g/mol. The number of hydrogen-bond acceptors (Lipinski definition) is 7. The van der Waals surface area contributed by atoms with Gasteiger partial charge >= 0.3 is 0 Å². The van der Waals surface area contributed by atoms with Gasteiger partial charge in [-0.1, -0.05) is 87.4 Å². The van der Waals surface area contributed by atoms with E-state index in [1.165, 1.54) is 0 Å². The molecule has 2 aromatic carbocycles. The lowest BCUT2D eigenvalue weighted by Crippen LogP contribution is -2.31. The van der Waals surface area contributed by atoms with Crippen molar-refractivity contribution in [2.75, 3.05) is 39.6 Å². The third-order valence-corrected chi connectivity index (χ3v) is 8.88. The number of unbranched alkanes of at least 4 members (excludes halogenated alkanes) is 2. The number of rotatable bonds is 14. The van der Waals surface area contributed by atoms with Gasteiger partial charge in [0.2, 0.25) is 0 Å². The third kappa shape index (κ3) is 7.94. The van der Waals surface area contributed by atoms with E-state index in [2.05, 4.69) is 26.0 Å². The highest BCUT2D eigenvalue weighted by atomic mass is 16.6. The number of ketones is 1. The Morgan fingerprint density at radius 3 is 1.52 bits per heavy atom. The minimum Gasteiger partial charge on any atom is -0.486 e. The van der Waals surface area contributed by atoms with E-state index < -0.39 is 0 Å². The van der Waals surface area contributed by atoms with Crippen LogP contribution in [0.25, 0.3) is 0 Å². The van der Waals surface area contributed by atoms with Crippen LogP contribution in [0.5, 0.6) is 0 Å². The molecule has 0 radical (unpaired) electrons. The quantitative estimate of drug-likeness (QED) is 0.156. The van der Waals surface area contributed by atoms with Gasteiger partial charge in [0.05, 0.1) is 13.2 Å². The molecule has 244 valence electrons. The van der Waals surface area contributed by atoms with Gasteiger partial charge in [0.25, 0.3) is 0 Å². The van der Waals surface area contributed by atoms with Crippen LogP contribution in [0.15, 0.2) is 95.9 Å². The topological polar surface area (TPSA) is 72.5 Å². The van der Waals surface area contributed by atoms with Gasteiger partial charge in [-0.3, -0.25) is 4.79 Å². The zero-order chi connectivity index (χ0) is 31.7. The molecule has 0 saturated carbocycles. The summed E-state index contributed by atoms with van der Waals surface area (Å²) in [5.74, 6) is 3.71. The second kappa shape index (κ2) is 15.7. The van der Waals surface area contributed by atoms with E-state index in [0.29, 0.717) is 37.6 Å². The van der Waals surface area contributed by atoms with Crippen molar-refractivity contribution in [2.45, 2.75) is 76.4 Å². The van der Waals surface area contributed by atoms with Crippen molar-refractivity contribution >= 4 is 5.78 Å². The summed E-state index contributed by atoms with van der Waals surface area (Å²) in [5.41, 5.74) is 3.62. The number of allylic oxidation sites excluding steroid dienone is 6. The van der Waals surface area contributed by atoms with Crippen LogP contribution in [-0.4, -0.2) is 57.6 Å². The lowest BCUT2D eigenvalue weighted by atomic mass is 9.88. The molecule has 4 aliphatic rings. The van der Waals surface area contributed by atoms with Crippen LogP contribution in [0, 0.1) is 0 Å². The highest BCUT2D eigenvalue weighted by molar-refractivity contribution is 6.09. The standard InChI is InChI=1S/C39H46O7/c1-3-5-19-41-23-33-25-43-35-17-15-31(21-37(35)45-33)27-7-11-29(12-8-27)39(40)30-13-9-28(10-14-30)32-16-18-36-38(22-32)46-34(26-44-36)24-42-20-6-4-2/h7-18,31-34H,3-6,19-26H2,1-2H3. The number of carbonyl (C=O) groups excluding carboxylic acids is 1. The maximum absolute atomic E-state index is 13.4. The molecule has 7 heteroatoms. The Balaban J connectivity index is 1.01. The van der Waals surface area contributed by atoms with E-state index in [-0.39, 0.29) is 29.8 Å². The van der Waals surface area contributed by atoms with Crippen molar-refractivity contribution in [2.24, 2.45) is 0 Å². The van der Waals surface area contributed by atoms with E-state index in [1.54, 1.807) is 0 Å². The van der Waals surface area contributed by atoms with Crippen LogP contribution >= 0.6 is 0 Å². The van der Waals surface area contributed by atoms with Crippen LogP contribution < -0.4 is 0 Å². The predicted molar refractivity (Wildman–Crippen MR) is 176 cm³/mol.